The van der Waals surface area contributed by atoms with Crippen LogP contribution in [0.2, 0.25) is 0 Å². The molecule has 0 aliphatic rings. The van der Waals surface area contributed by atoms with E-state index >= 15 is 0 Å². The summed E-state index contributed by atoms with van der Waals surface area (Å²) < 4.78 is 0. The monoisotopic (exact) mass is 262 g/mol. The van der Waals surface area contributed by atoms with Crippen LogP contribution in [0, 0.1) is 0 Å². The minimum Gasteiger partial charge on any atom is -0.356 e. The molecule has 0 radical (unpaired) electrons. The number of hydrogen-bond acceptors (Lipinski definition) is 2. The Labute approximate surface area is 114 Å². The molecule has 0 fully saturated rings. The molecule has 2 N–H and O–H groups in total. The molecule has 104 valence electrons. The van der Waals surface area contributed by atoms with Crippen LogP contribution in [0.5, 0.6) is 0 Å². The minimum absolute atomic E-state index is 0.0566. The van der Waals surface area contributed by atoms with Crippen molar-refractivity contribution in [1.29, 1.82) is 0 Å². The fraction of sp³-hybridized carbons (Fsp3) is 0.429. The van der Waals surface area contributed by atoms with E-state index in [2.05, 4.69) is 15.6 Å². The maximum Gasteiger partial charge on any atom is 0.251 e. The lowest BCUT2D eigenvalue weighted by Crippen LogP contribution is -2.37. The minimum atomic E-state index is -0.0566. The van der Waals surface area contributed by atoms with Gasteiger partial charge in [-0.25, -0.2) is 0 Å². The summed E-state index contributed by atoms with van der Waals surface area (Å²) in [7, 11) is 7.29. The van der Waals surface area contributed by atoms with Crippen LogP contribution in [0.25, 0.3) is 0 Å². The van der Waals surface area contributed by atoms with Gasteiger partial charge in [-0.2, -0.15) is 0 Å². The van der Waals surface area contributed by atoms with Gasteiger partial charge in [0.15, 0.2) is 5.96 Å². The molecule has 0 aromatic heterocycles. The normalized spacial score (nSPS) is 11.1. The first kappa shape index (κ1) is 15.0. The fourth-order valence-electron chi connectivity index (χ4n) is 1.77. The lowest BCUT2D eigenvalue weighted by Gasteiger charge is -2.16. The highest BCUT2D eigenvalue weighted by molar-refractivity contribution is 5.94. The zero-order valence-electron chi connectivity index (χ0n) is 12.0. The quantitative estimate of drug-likeness (QED) is 0.621. The van der Waals surface area contributed by atoms with Gasteiger partial charge in [0, 0.05) is 40.3 Å². The van der Waals surface area contributed by atoms with Crippen LogP contribution < -0.4 is 10.6 Å². The summed E-state index contributed by atoms with van der Waals surface area (Å²) >= 11 is 0. The zero-order valence-corrected chi connectivity index (χ0v) is 12.0. The molecule has 0 aliphatic carbocycles. The van der Waals surface area contributed by atoms with E-state index < -0.39 is 0 Å². The van der Waals surface area contributed by atoms with E-state index in [-0.39, 0.29) is 5.91 Å². The molecule has 0 bridgehead atoms. The maximum absolute atomic E-state index is 11.5. The Morgan fingerprint density at radius 2 is 2.11 bits per heavy atom. The SMILES string of the molecule is CN=C(NCCc1cccc(C(=O)NC)c1)N(C)C. The molecule has 1 aromatic carbocycles. The number of carbonyl (C=O) groups is 1. The number of aliphatic imine (C=N–C) groups is 1. The van der Waals surface area contributed by atoms with Gasteiger partial charge in [0.1, 0.15) is 0 Å². The summed E-state index contributed by atoms with van der Waals surface area (Å²) in [5, 5.41) is 5.88. The van der Waals surface area contributed by atoms with Gasteiger partial charge >= 0.3 is 0 Å². The second kappa shape index (κ2) is 7.41. The van der Waals surface area contributed by atoms with Gasteiger partial charge in [0.2, 0.25) is 0 Å². The van der Waals surface area contributed by atoms with Crippen LogP contribution in [0.3, 0.4) is 0 Å². The lowest BCUT2D eigenvalue weighted by atomic mass is 10.1. The standard InChI is InChI=1S/C14H22N4O/c1-15-13(19)12-7-5-6-11(10-12)8-9-17-14(16-2)18(3)4/h5-7,10H,8-9H2,1-4H3,(H,15,19)(H,16,17). The molecule has 1 amide bonds. The van der Waals surface area contributed by atoms with Crippen molar-refractivity contribution in [3.63, 3.8) is 0 Å². The predicted octanol–water partition coefficient (Wildman–Crippen LogP) is 0.726. The Balaban J connectivity index is 2.57. The molecule has 19 heavy (non-hydrogen) atoms. The largest absolute Gasteiger partial charge is 0.356 e. The average Bonchev–Trinajstić information content (AvgIpc) is 2.42. The second-order valence-corrected chi connectivity index (χ2v) is 4.40. The Morgan fingerprint density at radius 1 is 1.37 bits per heavy atom. The smallest absolute Gasteiger partial charge is 0.251 e. The molecular weight excluding hydrogens is 240 g/mol. The maximum atomic E-state index is 11.5. The van der Waals surface area contributed by atoms with Crippen LogP contribution >= 0.6 is 0 Å². The van der Waals surface area contributed by atoms with Gasteiger partial charge in [-0.3, -0.25) is 9.79 Å². The summed E-state index contributed by atoms with van der Waals surface area (Å²) in [5.74, 6) is 0.793. The number of benzene rings is 1. The van der Waals surface area contributed by atoms with Crippen molar-refractivity contribution in [1.82, 2.24) is 15.5 Å². The third-order valence-electron chi connectivity index (χ3n) is 2.75. The summed E-state index contributed by atoms with van der Waals surface area (Å²) in [6.07, 6.45) is 0.845. The van der Waals surface area contributed by atoms with Gasteiger partial charge in [0.05, 0.1) is 0 Å². The summed E-state index contributed by atoms with van der Waals surface area (Å²) in [6, 6.07) is 7.65. The Bertz CT molecular complexity index is 455. The molecular formula is C14H22N4O. The lowest BCUT2D eigenvalue weighted by molar-refractivity contribution is 0.0963. The van der Waals surface area contributed by atoms with E-state index in [1.807, 2.05) is 43.3 Å². The van der Waals surface area contributed by atoms with Crippen LogP contribution in [-0.2, 0) is 6.42 Å². The first-order valence-electron chi connectivity index (χ1n) is 6.27. The molecule has 0 heterocycles. The number of carbonyl (C=O) groups excluding carboxylic acids is 1. The van der Waals surface area contributed by atoms with Crippen molar-refractivity contribution in [2.75, 3.05) is 34.7 Å². The molecule has 1 aromatic rings. The van der Waals surface area contributed by atoms with E-state index in [1.54, 1.807) is 14.1 Å². The number of hydrogen-bond donors (Lipinski definition) is 2. The van der Waals surface area contributed by atoms with Gasteiger partial charge in [-0.05, 0) is 24.1 Å². The van der Waals surface area contributed by atoms with E-state index in [9.17, 15) is 4.79 Å². The molecule has 0 aliphatic heterocycles. The first-order chi connectivity index (χ1) is 9.08. The third-order valence-corrected chi connectivity index (χ3v) is 2.75. The first-order valence-corrected chi connectivity index (χ1v) is 6.27. The highest BCUT2D eigenvalue weighted by Crippen LogP contribution is 2.05. The molecule has 0 unspecified atom stereocenters. The molecule has 0 spiro atoms. The van der Waals surface area contributed by atoms with Gasteiger partial charge in [-0.15, -0.1) is 0 Å². The number of rotatable bonds is 4. The van der Waals surface area contributed by atoms with Crippen molar-refractivity contribution in [2.24, 2.45) is 4.99 Å². The number of nitrogens with one attached hydrogen (secondary N) is 2. The number of nitrogens with zero attached hydrogens (tertiary/aromatic N) is 2. The molecule has 0 saturated carbocycles. The van der Waals surface area contributed by atoms with Crippen molar-refractivity contribution >= 4 is 11.9 Å². The van der Waals surface area contributed by atoms with Crippen molar-refractivity contribution in [3.8, 4) is 0 Å². The molecule has 1 rings (SSSR count). The predicted molar refractivity (Wildman–Crippen MR) is 78.6 cm³/mol. The zero-order chi connectivity index (χ0) is 14.3. The molecule has 5 heteroatoms. The van der Waals surface area contributed by atoms with Crippen LogP contribution in [-0.4, -0.2) is 51.5 Å². The Morgan fingerprint density at radius 3 is 2.68 bits per heavy atom. The van der Waals surface area contributed by atoms with Gasteiger partial charge in [0.25, 0.3) is 5.91 Å². The molecule has 5 nitrogen and oxygen atoms in total. The summed E-state index contributed by atoms with van der Waals surface area (Å²) in [6.45, 7) is 0.780. The van der Waals surface area contributed by atoms with Crippen LogP contribution in [0.1, 0.15) is 15.9 Å². The van der Waals surface area contributed by atoms with Crippen LogP contribution in [0.4, 0.5) is 0 Å². The highest BCUT2D eigenvalue weighted by Gasteiger charge is 2.04. The topological polar surface area (TPSA) is 56.7 Å². The van der Waals surface area contributed by atoms with Gasteiger partial charge < -0.3 is 15.5 Å². The third kappa shape index (κ3) is 4.62. The highest BCUT2D eigenvalue weighted by atomic mass is 16.1. The van der Waals surface area contributed by atoms with Gasteiger partial charge in [-0.1, -0.05) is 12.1 Å². The molecule has 0 atom stereocenters. The average molecular weight is 262 g/mol. The molecule has 0 saturated heterocycles. The van der Waals surface area contributed by atoms with E-state index in [0.717, 1.165) is 24.5 Å². The van der Waals surface area contributed by atoms with E-state index in [4.69, 9.17) is 0 Å². The Hall–Kier alpha value is -2.04. The summed E-state index contributed by atoms with van der Waals surface area (Å²) in [4.78, 5) is 17.6. The number of amides is 1. The second-order valence-electron chi connectivity index (χ2n) is 4.40. The van der Waals surface area contributed by atoms with Crippen molar-refractivity contribution < 1.29 is 4.79 Å². The van der Waals surface area contributed by atoms with Crippen molar-refractivity contribution in [3.05, 3.63) is 35.4 Å². The fourth-order valence-corrected chi connectivity index (χ4v) is 1.77. The Kier molecular flexibility index (Phi) is 5.85. The summed E-state index contributed by atoms with van der Waals surface area (Å²) in [5.41, 5.74) is 1.82. The van der Waals surface area contributed by atoms with E-state index in [1.165, 1.54) is 0 Å². The van der Waals surface area contributed by atoms with Crippen LogP contribution in [0.15, 0.2) is 29.3 Å². The number of guanidine groups is 1. The van der Waals surface area contributed by atoms with E-state index in [0.29, 0.717) is 5.56 Å². The van der Waals surface area contributed by atoms with Crippen molar-refractivity contribution in [2.45, 2.75) is 6.42 Å².